The lowest BCUT2D eigenvalue weighted by atomic mass is 9.98. The van der Waals surface area contributed by atoms with E-state index in [1.807, 2.05) is 52.0 Å². The highest BCUT2D eigenvalue weighted by Gasteiger charge is 2.36. The zero-order valence-corrected chi connectivity index (χ0v) is 22.0. The van der Waals surface area contributed by atoms with Crippen LogP contribution >= 0.6 is 0 Å². The van der Waals surface area contributed by atoms with Crippen molar-refractivity contribution in [2.75, 3.05) is 13.1 Å². The molecule has 0 saturated carbocycles. The fourth-order valence-corrected chi connectivity index (χ4v) is 4.73. The molecule has 0 bridgehead atoms. The number of hydrogen-bond donors (Lipinski definition) is 1. The minimum absolute atomic E-state index is 0.0237. The molecule has 1 aliphatic rings. The van der Waals surface area contributed by atoms with Gasteiger partial charge in [0.25, 0.3) is 5.56 Å². The molecule has 0 atom stereocenters. The summed E-state index contributed by atoms with van der Waals surface area (Å²) in [6, 6.07) is 16.5. The Hall–Kier alpha value is -3.96. The van der Waals surface area contributed by atoms with Gasteiger partial charge in [-0.2, -0.15) is 10.2 Å². The molecule has 1 N–H and O–H groups in total. The van der Waals surface area contributed by atoms with Crippen molar-refractivity contribution in [1.29, 1.82) is 5.26 Å². The number of ether oxygens (including phenoxy) is 1. The first-order valence-corrected chi connectivity index (χ1v) is 12.5. The smallest absolute Gasteiger partial charge is 0.375 e. The van der Waals surface area contributed by atoms with E-state index in [1.54, 1.807) is 36.2 Å². The third kappa shape index (κ3) is 5.57. The summed E-state index contributed by atoms with van der Waals surface area (Å²) < 4.78 is 7.13. The summed E-state index contributed by atoms with van der Waals surface area (Å²) in [7, 11) is 1.56. The Morgan fingerprint density at radius 1 is 1.08 bits per heavy atom. The molecular formula is C29H33N5O3. The van der Waals surface area contributed by atoms with Crippen molar-refractivity contribution in [3.63, 3.8) is 0 Å². The number of nitriles is 1. The van der Waals surface area contributed by atoms with Gasteiger partial charge in [0.2, 0.25) is 0 Å². The number of carbonyl (C=O) groups is 1. The molecule has 1 aromatic heterocycles. The quantitative estimate of drug-likeness (QED) is 0.561. The van der Waals surface area contributed by atoms with Crippen LogP contribution in [0.15, 0.2) is 53.3 Å². The zero-order chi connectivity index (χ0) is 26.7. The van der Waals surface area contributed by atoms with E-state index in [2.05, 4.69) is 11.4 Å². The van der Waals surface area contributed by atoms with Gasteiger partial charge in [0.15, 0.2) is 0 Å². The summed E-state index contributed by atoms with van der Waals surface area (Å²) >= 11 is 0. The number of amides is 1. The topological polar surface area (TPSA) is 100 Å². The second-order valence-electron chi connectivity index (χ2n) is 10.4. The molecule has 192 valence electrons. The van der Waals surface area contributed by atoms with Crippen LogP contribution < -0.4 is 15.6 Å². The van der Waals surface area contributed by atoms with E-state index < -0.39 is 11.6 Å². The number of aryl methyl sites for hydroxylation is 1. The maximum Gasteiger partial charge on any atom is 0.418 e. The van der Waals surface area contributed by atoms with E-state index in [-0.39, 0.29) is 17.6 Å². The largest absolute Gasteiger partial charge is 0.418 e. The van der Waals surface area contributed by atoms with Crippen molar-refractivity contribution in [1.82, 2.24) is 19.8 Å². The van der Waals surface area contributed by atoms with Crippen LogP contribution in [0.3, 0.4) is 0 Å². The molecule has 0 unspecified atom stereocenters. The first-order valence-electron chi connectivity index (χ1n) is 12.5. The van der Waals surface area contributed by atoms with Crippen molar-refractivity contribution in [3.05, 3.63) is 70.0 Å². The molecule has 37 heavy (non-hydrogen) atoms. The normalized spacial score (nSPS) is 14.2. The lowest BCUT2D eigenvalue weighted by Crippen LogP contribution is -2.55. The third-order valence-corrected chi connectivity index (χ3v) is 6.65. The van der Waals surface area contributed by atoms with Crippen molar-refractivity contribution in [2.45, 2.75) is 52.1 Å². The highest BCUT2D eigenvalue weighted by atomic mass is 16.6. The summed E-state index contributed by atoms with van der Waals surface area (Å²) in [5.41, 5.74) is 2.91. The molecule has 0 spiro atoms. The van der Waals surface area contributed by atoms with Gasteiger partial charge in [0, 0.05) is 24.2 Å². The number of hydrogen-bond acceptors (Lipinski definition) is 6. The molecule has 1 fully saturated rings. The lowest BCUT2D eigenvalue weighted by Gasteiger charge is -2.42. The van der Waals surface area contributed by atoms with Gasteiger partial charge in [0.1, 0.15) is 0 Å². The van der Waals surface area contributed by atoms with Gasteiger partial charge >= 0.3 is 12.1 Å². The molecule has 2 aromatic carbocycles. The fraction of sp³-hybridized carbons (Fsp3) is 0.379. The second kappa shape index (κ2) is 10.6. The van der Waals surface area contributed by atoms with E-state index in [1.165, 1.54) is 4.57 Å². The Bertz CT molecular complexity index is 1370. The SMILES string of the molecule is Cc1ccc(-c2c(-c3ccc(C#N)cc3)nc(OC(=O)N(C3CCNCC3)C(C)(C)C)n(C)c2=O)cc1. The molecule has 1 saturated heterocycles. The Morgan fingerprint density at radius 3 is 2.24 bits per heavy atom. The van der Waals surface area contributed by atoms with Crippen molar-refractivity contribution >= 4 is 6.09 Å². The third-order valence-electron chi connectivity index (χ3n) is 6.65. The maximum atomic E-state index is 13.7. The van der Waals surface area contributed by atoms with Gasteiger partial charge in [0.05, 0.1) is 22.9 Å². The van der Waals surface area contributed by atoms with Gasteiger partial charge in [-0.15, -0.1) is 0 Å². The monoisotopic (exact) mass is 499 g/mol. The van der Waals surface area contributed by atoms with E-state index >= 15 is 0 Å². The van der Waals surface area contributed by atoms with Crippen LogP contribution in [0.2, 0.25) is 0 Å². The van der Waals surface area contributed by atoms with Gasteiger partial charge in [-0.05, 0) is 71.3 Å². The molecule has 1 aliphatic heterocycles. The van der Waals surface area contributed by atoms with Crippen LogP contribution in [-0.4, -0.2) is 45.2 Å². The Kier molecular flexibility index (Phi) is 7.46. The van der Waals surface area contributed by atoms with Gasteiger partial charge in [-0.25, -0.2) is 4.79 Å². The van der Waals surface area contributed by atoms with Crippen LogP contribution in [0.5, 0.6) is 6.01 Å². The predicted molar refractivity (Wildman–Crippen MR) is 143 cm³/mol. The second-order valence-corrected chi connectivity index (χ2v) is 10.4. The lowest BCUT2D eigenvalue weighted by molar-refractivity contribution is 0.0615. The molecule has 0 aliphatic carbocycles. The zero-order valence-electron chi connectivity index (χ0n) is 22.0. The first kappa shape index (κ1) is 26.1. The van der Waals surface area contributed by atoms with E-state index in [4.69, 9.17) is 9.72 Å². The number of aromatic nitrogens is 2. The maximum absolute atomic E-state index is 13.7. The molecule has 0 radical (unpaired) electrons. The molecule has 3 aromatic rings. The number of nitrogens with zero attached hydrogens (tertiary/aromatic N) is 4. The average molecular weight is 500 g/mol. The fourth-order valence-electron chi connectivity index (χ4n) is 4.73. The highest BCUT2D eigenvalue weighted by molar-refractivity contribution is 5.81. The van der Waals surface area contributed by atoms with E-state index in [9.17, 15) is 14.9 Å². The minimum Gasteiger partial charge on any atom is -0.375 e. The Labute approximate surface area is 217 Å². The Morgan fingerprint density at radius 2 is 1.68 bits per heavy atom. The molecule has 1 amide bonds. The van der Waals surface area contributed by atoms with Gasteiger partial charge < -0.3 is 10.1 Å². The van der Waals surface area contributed by atoms with Crippen LogP contribution in [0, 0.1) is 18.3 Å². The van der Waals surface area contributed by atoms with Crippen LogP contribution in [0.1, 0.15) is 44.7 Å². The molecule has 8 nitrogen and oxygen atoms in total. The number of benzene rings is 2. The molecule has 8 heteroatoms. The minimum atomic E-state index is -0.532. The van der Waals surface area contributed by atoms with Crippen molar-refractivity contribution in [2.24, 2.45) is 7.05 Å². The molecule has 4 rings (SSSR count). The van der Waals surface area contributed by atoms with Crippen LogP contribution in [0.25, 0.3) is 22.4 Å². The summed E-state index contributed by atoms with van der Waals surface area (Å²) in [4.78, 5) is 33.7. The predicted octanol–water partition coefficient (Wildman–Crippen LogP) is 4.65. The number of piperidine rings is 1. The summed E-state index contributed by atoms with van der Waals surface area (Å²) in [6.45, 7) is 9.57. The van der Waals surface area contributed by atoms with E-state index in [0.717, 1.165) is 31.5 Å². The van der Waals surface area contributed by atoms with Crippen molar-refractivity contribution < 1.29 is 9.53 Å². The molecule has 2 heterocycles. The summed E-state index contributed by atoms with van der Waals surface area (Å²) in [6.07, 6.45) is 1.11. The van der Waals surface area contributed by atoms with Gasteiger partial charge in [-0.3, -0.25) is 14.3 Å². The van der Waals surface area contributed by atoms with E-state index in [0.29, 0.717) is 27.9 Å². The van der Waals surface area contributed by atoms with Gasteiger partial charge in [-0.1, -0.05) is 42.0 Å². The number of nitrogens with one attached hydrogen (secondary N) is 1. The number of carbonyl (C=O) groups excluding carboxylic acids is 1. The summed E-state index contributed by atoms with van der Waals surface area (Å²) in [5.74, 6) is 0. The molecular weight excluding hydrogens is 466 g/mol. The Balaban J connectivity index is 1.82. The average Bonchev–Trinajstić information content (AvgIpc) is 2.87. The van der Waals surface area contributed by atoms with Crippen LogP contribution in [-0.2, 0) is 7.05 Å². The van der Waals surface area contributed by atoms with Crippen LogP contribution in [0.4, 0.5) is 4.79 Å². The van der Waals surface area contributed by atoms with Crippen molar-refractivity contribution in [3.8, 4) is 34.5 Å². The number of rotatable bonds is 4. The standard InChI is InChI=1S/C29H33N5O3/c1-19-6-10-21(11-7-19)24-25(22-12-8-20(18-30)9-13-22)32-27(33(5)26(24)35)37-28(36)34(29(2,3)4)23-14-16-31-17-15-23/h6-13,23,31H,14-17H2,1-5H3. The first-order chi connectivity index (χ1) is 17.6. The highest BCUT2D eigenvalue weighted by Crippen LogP contribution is 2.31. The summed E-state index contributed by atoms with van der Waals surface area (Å²) in [5, 5.41) is 12.6.